The maximum Gasteiger partial charge on any atom is 0.0469 e. The van der Waals surface area contributed by atoms with Crippen molar-refractivity contribution in [1.82, 2.24) is 5.32 Å². The third-order valence-corrected chi connectivity index (χ3v) is 4.35. The minimum atomic E-state index is 0.392. The summed E-state index contributed by atoms with van der Waals surface area (Å²) in [5.41, 5.74) is 0. The van der Waals surface area contributed by atoms with Crippen LogP contribution < -0.4 is 5.32 Å². The van der Waals surface area contributed by atoms with Gasteiger partial charge in [-0.15, -0.1) is 0 Å². The third-order valence-electron chi connectivity index (χ3n) is 3.08. The van der Waals surface area contributed by atoms with Crippen LogP contribution in [0.1, 0.15) is 40.5 Å². The molecule has 1 saturated heterocycles. The Morgan fingerprint density at radius 1 is 1.31 bits per heavy atom. The van der Waals surface area contributed by atoms with Crippen LogP contribution in [0, 0.1) is 5.92 Å². The normalized spacial score (nSPS) is 21.0. The molecule has 1 unspecified atom stereocenters. The van der Waals surface area contributed by atoms with Crippen LogP contribution >= 0.6 is 11.8 Å². The molecule has 1 fully saturated rings. The van der Waals surface area contributed by atoms with Gasteiger partial charge in [-0.3, -0.25) is 0 Å². The van der Waals surface area contributed by atoms with Gasteiger partial charge in [0.1, 0.15) is 0 Å². The highest BCUT2D eigenvalue weighted by atomic mass is 32.2. The van der Waals surface area contributed by atoms with Gasteiger partial charge in [-0.1, -0.05) is 20.8 Å². The molecule has 0 radical (unpaired) electrons. The molecule has 0 spiro atoms. The predicted octanol–water partition coefficient (Wildman–Crippen LogP) is 2.92. The summed E-state index contributed by atoms with van der Waals surface area (Å²) in [5, 5.41) is 3.65. The number of ether oxygens (including phenoxy) is 1. The van der Waals surface area contributed by atoms with E-state index in [1.165, 1.54) is 18.6 Å². The summed E-state index contributed by atoms with van der Waals surface area (Å²) in [6, 6.07) is 0.643. The molecule has 1 aliphatic heterocycles. The van der Waals surface area contributed by atoms with Crippen LogP contribution in [0.25, 0.3) is 0 Å². The van der Waals surface area contributed by atoms with Gasteiger partial charge in [0.15, 0.2) is 0 Å². The lowest BCUT2D eigenvalue weighted by atomic mass is 9.93. The van der Waals surface area contributed by atoms with Gasteiger partial charge in [0.2, 0.25) is 0 Å². The number of hydrogen-bond acceptors (Lipinski definition) is 3. The SMILES string of the molecule is CC(NCCSC(C)(C)C)C1CCOCC1. The second-order valence-corrected chi connectivity index (χ2v) is 7.58. The van der Waals surface area contributed by atoms with Gasteiger partial charge >= 0.3 is 0 Å². The molecule has 1 aliphatic rings. The number of hydrogen-bond donors (Lipinski definition) is 1. The van der Waals surface area contributed by atoms with E-state index >= 15 is 0 Å². The van der Waals surface area contributed by atoms with Crippen molar-refractivity contribution in [3.05, 3.63) is 0 Å². The fourth-order valence-electron chi connectivity index (χ4n) is 2.03. The van der Waals surface area contributed by atoms with E-state index < -0.39 is 0 Å². The van der Waals surface area contributed by atoms with Gasteiger partial charge in [-0.25, -0.2) is 0 Å². The highest BCUT2D eigenvalue weighted by molar-refractivity contribution is 8.00. The molecule has 3 heteroatoms. The van der Waals surface area contributed by atoms with Gasteiger partial charge in [0.05, 0.1) is 0 Å². The Morgan fingerprint density at radius 2 is 1.94 bits per heavy atom. The number of nitrogens with one attached hydrogen (secondary N) is 1. The average molecular weight is 245 g/mol. The summed E-state index contributed by atoms with van der Waals surface area (Å²) in [6.07, 6.45) is 2.45. The van der Waals surface area contributed by atoms with Gasteiger partial charge in [0, 0.05) is 36.3 Å². The Hall–Kier alpha value is 0.270. The number of rotatable bonds is 5. The monoisotopic (exact) mass is 245 g/mol. The Labute approximate surface area is 105 Å². The van der Waals surface area contributed by atoms with Gasteiger partial charge < -0.3 is 10.1 Å². The Kier molecular flexibility index (Phi) is 6.16. The Bertz CT molecular complexity index is 185. The lowest BCUT2D eigenvalue weighted by Crippen LogP contribution is -2.38. The minimum Gasteiger partial charge on any atom is -0.381 e. The first-order chi connectivity index (χ1) is 7.49. The van der Waals surface area contributed by atoms with Crippen LogP contribution in [0.5, 0.6) is 0 Å². The molecule has 96 valence electrons. The number of thioether (sulfide) groups is 1. The second-order valence-electron chi connectivity index (χ2n) is 5.65. The first-order valence-corrected chi connectivity index (χ1v) is 7.43. The fourth-order valence-corrected chi connectivity index (χ4v) is 2.86. The third kappa shape index (κ3) is 6.12. The first kappa shape index (κ1) is 14.3. The maximum atomic E-state index is 5.39. The summed E-state index contributed by atoms with van der Waals surface area (Å²) in [6.45, 7) is 12.2. The first-order valence-electron chi connectivity index (χ1n) is 6.44. The molecule has 0 aromatic rings. The molecule has 0 bridgehead atoms. The van der Waals surface area contributed by atoms with Crippen LogP contribution in [0.15, 0.2) is 0 Å². The molecule has 0 saturated carbocycles. The zero-order chi connectivity index (χ0) is 12.0. The summed E-state index contributed by atoms with van der Waals surface area (Å²) >= 11 is 2.04. The van der Waals surface area contributed by atoms with E-state index in [0.29, 0.717) is 10.8 Å². The lowest BCUT2D eigenvalue weighted by molar-refractivity contribution is 0.0562. The standard InChI is InChI=1S/C13H27NOS/c1-11(12-5-8-15-9-6-12)14-7-10-16-13(2,3)4/h11-12,14H,5-10H2,1-4H3. The van der Waals surface area contributed by atoms with E-state index in [0.717, 1.165) is 25.7 Å². The van der Waals surface area contributed by atoms with Crippen LogP contribution in [0.3, 0.4) is 0 Å². The molecule has 1 rings (SSSR count). The van der Waals surface area contributed by atoms with Crippen LogP contribution in [0.4, 0.5) is 0 Å². The zero-order valence-electron chi connectivity index (χ0n) is 11.2. The Balaban J connectivity index is 2.07. The van der Waals surface area contributed by atoms with Crippen molar-refractivity contribution in [3.8, 4) is 0 Å². The van der Waals surface area contributed by atoms with E-state index in [1.807, 2.05) is 11.8 Å². The van der Waals surface area contributed by atoms with Crippen molar-refractivity contribution < 1.29 is 4.74 Å². The molecule has 1 atom stereocenters. The average Bonchev–Trinajstić information content (AvgIpc) is 2.24. The van der Waals surface area contributed by atoms with Crippen molar-refractivity contribution in [2.45, 2.75) is 51.3 Å². The molecule has 0 aromatic heterocycles. The molecule has 1 heterocycles. The van der Waals surface area contributed by atoms with Crippen molar-refractivity contribution in [1.29, 1.82) is 0 Å². The largest absolute Gasteiger partial charge is 0.381 e. The highest BCUT2D eigenvalue weighted by Gasteiger charge is 2.19. The topological polar surface area (TPSA) is 21.3 Å². The highest BCUT2D eigenvalue weighted by Crippen LogP contribution is 2.22. The van der Waals surface area contributed by atoms with E-state index in [4.69, 9.17) is 4.74 Å². The van der Waals surface area contributed by atoms with E-state index in [-0.39, 0.29) is 0 Å². The maximum absolute atomic E-state index is 5.39. The summed E-state index contributed by atoms with van der Waals surface area (Å²) in [4.78, 5) is 0. The van der Waals surface area contributed by atoms with E-state index in [9.17, 15) is 0 Å². The zero-order valence-corrected chi connectivity index (χ0v) is 12.0. The predicted molar refractivity (Wildman–Crippen MR) is 73.2 cm³/mol. The van der Waals surface area contributed by atoms with Crippen molar-refractivity contribution in [2.24, 2.45) is 5.92 Å². The molecule has 0 aliphatic carbocycles. The molecular formula is C13H27NOS. The lowest BCUT2D eigenvalue weighted by Gasteiger charge is -2.28. The quantitative estimate of drug-likeness (QED) is 0.753. The minimum absolute atomic E-state index is 0.392. The van der Waals surface area contributed by atoms with Crippen LogP contribution in [0.2, 0.25) is 0 Å². The van der Waals surface area contributed by atoms with Gasteiger partial charge in [0.25, 0.3) is 0 Å². The molecule has 0 aromatic carbocycles. The smallest absolute Gasteiger partial charge is 0.0469 e. The summed E-state index contributed by atoms with van der Waals surface area (Å²) in [7, 11) is 0. The van der Waals surface area contributed by atoms with Crippen molar-refractivity contribution in [2.75, 3.05) is 25.5 Å². The molecular weight excluding hydrogens is 218 g/mol. The molecule has 0 amide bonds. The van der Waals surface area contributed by atoms with Crippen molar-refractivity contribution in [3.63, 3.8) is 0 Å². The van der Waals surface area contributed by atoms with Gasteiger partial charge in [-0.2, -0.15) is 11.8 Å². The summed E-state index contributed by atoms with van der Waals surface area (Å²) in [5.74, 6) is 2.02. The summed E-state index contributed by atoms with van der Waals surface area (Å²) < 4.78 is 5.78. The molecule has 1 N–H and O–H groups in total. The Morgan fingerprint density at radius 3 is 2.50 bits per heavy atom. The van der Waals surface area contributed by atoms with Gasteiger partial charge in [-0.05, 0) is 25.7 Å². The van der Waals surface area contributed by atoms with Crippen LogP contribution in [-0.4, -0.2) is 36.3 Å². The van der Waals surface area contributed by atoms with E-state index in [1.54, 1.807) is 0 Å². The van der Waals surface area contributed by atoms with Crippen LogP contribution in [-0.2, 0) is 4.74 Å². The molecule has 16 heavy (non-hydrogen) atoms. The fraction of sp³-hybridized carbons (Fsp3) is 1.00. The van der Waals surface area contributed by atoms with Crippen molar-refractivity contribution >= 4 is 11.8 Å². The van der Waals surface area contributed by atoms with E-state index in [2.05, 4.69) is 33.0 Å². The molecule has 2 nitrogen and oxygen atoms in total. The second kappa shape index (κ2) is 6.87.